The quantitative estimate of drug-likeness (QED) is 0.274. The second-order valence-corrected chi connectivity index (χ2v) is 7.78. The molecule has 162 valence electrons. The van der Waals surface area contributed by atoms with Crippen LogP contribution in [0.3, 0.4) is 0 Å². The number of benzene rings is 3. The summed E-state index contributed by atoms with van der Waals surface area (Å²) < 4.78 is 0.724. The van der Waals surface area contributed by atoms with Crippen LogP contribution in [0.15, 0.2) is 89.0 Å². The van der Waals surface area contributed by atoms with Gasteiger partial charge in [0, 0.05) is 28.7 Å². The maximum Gasteiger partial charge on any atom is 0.270 e. The molecule has 3 aromatic rings. The number of hydrogen-bond acceptors (Lipinski definition) is 4. The minimum atomic E-state index is -0.517. The third-order valence-electron chi connectivity index (χ3n) is 4.51. The maximum absolute atomic E-state index is 12.9. The van der Waals surface area contributed by atoms with Crippen LogP contribution in [0.1, 0.15) is 21.5 Å². The first-order valence-electron chi connectivity index (χ1n) is 9.77. The van der Waals surface area contributed by atoms with E-state index in [2.05, 4.69) is 26.6 Å². The molecule has 0 spiro atoms. The van der Waals surface area contributed by atoms with Gasteiger partial charge in [0.1, 0.15) is 5.70 Å². The Morgan fingerprint density at radius 2 is 1.72 bits per heavy atom. The predicted octanol–water partition coefficient (Wildman–Crippen LogP) is 4.49. The average molecular weight is 494 g/mol. The van der Waals surface area contributed by atoms with Crippen LogP contribution in [0.4, 0.5) is 5.69 Å². The lowest BCUT2D eigenvalue weighted by molar-refractivity contribution is -0.384. The molecule has 0 radical (unpaired) electrons. The zero-order chi connectivity index (χ0) is 22.9. The Morgan fingerprint density at radius 1 is 0.969 bits per heavy atom. The van der Waals surface area contributed by atoms with Gasteiger partial charge in [0.05, 0.1) is 4.92 Å². The molecule has 0 unspecified atom stereocenters. The van der Waals surface area contributed by atoms with Gasteiger partial charge >= 0.3 is 0 Å². The van der Waals surface area contributed by atoms with Crippen LogP contribution in [-0.2, 0) is 11.2 Å². The Balaban J connectivity index is 1.81. The Kier molecular flexibility index (Phi) is 7.88. The summed E-state index contributed by atoms with van der Waals surface area (Å²) in [5.74, 6) is -0.961. The number of amides is 2. The summed E-state index contributed by atoms with van der Waals surface area (Å²) >= 11 is 3.32. The maximum atomic E-state index is 12.9. The summed E-state index contributed by atoms with van der Waals surface area (Å²) in [4.78, 5) is 36.1. The topological polar surface area (TPSA) is 101 Å². The van der Waals surface area contributed by atoms with E-state index in [9.17, 15) is 19.7 Å². The second-order valence-electron chi connectivity index (χ2n) is 6.87. The van der Waals surface area contributed by atoms with Gasteiger partial charge in [-0.1, -0.05) is 64.5 Å². The first-order valence-corrected chi connectivity index (χ1v) is 10.6. The Hall–Kier alpha value is -3.78. The summed E-state index contributed by atoms with van der Waals surface area (Å²) in [5, 5.41) is 16.5. The highest BCUT2D eigenvalue weighted by molar-refractivity contribution is 9.10. The number of non-ortho nitro benzene ring substituents is 1. The van der Waals surface area contributed by atoms with Gasteiger partial charge in [0.2, 0.25) is 0 Å². The molecule has 3 rings (SSSR count). The van der Waals surface area contributed by atoms with Crippen LogP contribution in [0, 0.1) is 10.1 Å². The molecule has 0 aliphatic carbocycles. The second kappa shape index (κ2) is 11.0. The van der Waals surface area contributed by atoms with E-state index in [4.69, 9.17) is 0 Å². The van der Waals surface area contributed by atoms with Crippen molar-refractivity contribution in [1.29, 1.82) is 0 Å². The van der Waals surface area contributed by atoms with Gasteiger partial charge in [-0.3, -0.25) is 19.7 Å². The van der Waals surface area contributed by atoms with Crippen LogP contribution in [0.25, 0.3) is 6.08 Å². The molecule has 32 heavy (non-hydrogen) atoms. The summed E-state index contributed by atoms with van der Waals surface area (Å²) in [7, 11) is 0. The SMILES string of the molecule is O=C(NCCc1ccccc1)/C(=C/c1cccc([N+](=O)[O-])c1)NC(=O)c1cccc(Br)c1. The van der Waals surface area contributed by atoms with Crippen LogP contribution < -0.4 is 10.6 Å². The molecule has 0 saturated carbocycles. The molecular weight excluding hydrogens is 474 g/mol. The van der Waals surface area contributed by atoms with E-state index in [0.717, 1.165) is 10.0 Å². The van der Waals surface area contributed by atoms with Gasteiger partial charge in [-0.05, 0) is 41.8 Å². The van der Waals surface area contributed by atoms with Crippen molar-refractivity contribution < 1.29 is 14.5 Å². The van der Waals surface area contributed by atoms with Crippen molar-refractivity contribution in [1.82, 2.24) is 10.6 Å². The first-order chi connectivity index (χ1) is 15.4. The molecular formula is C24H20BrN3O4. The number of nitro groups is 1. The monoisotopic (exact) mass is 493 g/mol. The van der Waals surface area contributed by atoms with Crippen molar-refractivity contribution in [3.05, 3.63) is 116 Å². The summed E-state index contributed by atoms with van der Waals surface area (Å²) in [6.07, 6.45) is 2.04. The van der Waals surface area contributed by atoms with Gasteiger partial charge in [-0.15, -0.1) is 0 Å². The van der Waals surface area contributed by atoms with Crippen molar-refractivity contribution in [2.75, 3.05) is 6.54 Å². The van der Waals surface area contributed by atoms with E-state index in [-0.39, 0.29) is 11.4 Å². The molecule has 2 amide bonds. The zero-order valence-corrected chi connectivity index (χ0v) is 18.5. The normalized spacial score (nSPS) is 11.0. The molecule has 0 fully saturated rings. The highest BCUT2D eigenvalue weighted by Crippen LogP contribution is 2.16. The fourth-order valence-electron chi connectivity index (χ4n) is 2.94. The minimum Gasteiger partial charge on any atom is -0.350 e. The Bertz CT molecular complexity index is 1160. The molecule has 0 atom stereocenters. The predicted molar refractivity (Wildman–Crippen MR) is 126 cm³/mol. The van der Waals surface area contributed by atoms with E-state index in [0.29, 0.717) is 24.1 Å². The van der Waals surface area contributed by atoms with Gasteiger partial charge in [-0.2, -0.15) is 0 Å². The third-order valence-corrected chi connectivity index (χ3v) is 5.01. The molecule has 0 saturated heterocycles. The van der Waals surface area contributed by atoms with Crippen molar-refractivity contribution >= 4 is 39.5 Å². The molecule has 8 heteroatoms. The summed E-state index contributed by atoms with van der Waals surface area (Å²) in [6, 6.07) is 22.3. The zero-order valence-electron chi connectivity index (χ0n) is 17.0. The molecule has 0 aromatic heterocycles. The molecule has 0 heterocycles. The smallest absolute Gasteiger partial charge is 0.270 e. The molecule has 7 nitrogen and oxygen atoms in total. The van der Waals surface area contributed by atoms with Gasteiger partial charge in [-0.25, -0.2) is 0 Å². The van der Waals surface area contributed by atoms with Crippen molar-refractivity contribution in [3.63, 3.8) is 0 Å². The van der Waals surface area contributed by atoms with Gasteiger partial charge in [0.15, 0.2) is 0 Å². The van der Waals surface area contributed by atoms with E-state index in [1.165, 1.54) is 24.3 Å². The molecule has 0 aliphatic heterocycles. The number of hydrogen-bond donors (Lipinski definition) is 2. The lowest BCUT2D eigenvalue weighted by Gasteiger charge is -2.12. The van der Waals surface area contributed by atoms with E-state index >= 15 is 0 Å². The molecule has 0 bridgehead atoms. The number of carbonyl (C=O) groups is 2. The lowest BCUT2D eigenvalue weighted by Crippen LogP contribution is -2.35. The third kappa shape index (κ3) is 6.61. The first kappa shape index (κ1) is 22.9. The number of nitrogens with zero attached hydrogens (tertiary/aromatic N) is 1. The van der Waals surface area contributed by atoms with Gasteiger partial charge in [0.25, 0.3) is 17.5 Å². The Labute approximate surface area is 193 Å². The Morgan fingerprint density at radius 3 is 2.44 bits per heavy atom. The highest BCUT2D eigenvalue weighted by Gasteiger charge is 2.15. The number of rotatable bonds is 8. The molecule has 0 aliphatic rings. The van der Waals surface area contributed by atoms with E-state index in [1.807, 2.05) is 30.3 Å². The summed E-state index contributed by atoms with van der Waals surface area (Å²) in [5.41, 5.74) is 1.72. The average Bonchev–Trinajstić information content (AvgIpc) is 2.79. The van der Waals surface area contributed by atoms with Crippen molar-refractivity contribution in [3.8, 4) is 0 Å². The minimum absolute atomic E-state index is 0.0106. The summed E-state index contributed by atoms with van der Waals surface area (Å²) in [6.45, 7) is 0.363. The largest absolute Gasteiger partial charge is 0.350 e. The van der Waals surface area contributed by atoms with Crippen molar-refractivity contribution in [2.24, 2.45) is 0 Å². The van der Waals surface area contributed by atoms with Crippen LogP contribution >= 0.6 is 15.9 Å². The number of nitro benzene ring substituents is 1. The van der Waals surface area contributed by atoms with E-state index < -0.39 is 16.7 Å². The van der Waals surface area contributed by atoms with Crippen LogP contribution in [0.2, 0.25) is 0 Å². The molecule has 2 N–H and O–H groups in total. The number of carbonyl (C=O) groups excluding carboxylic acids is 2. The van der Waals surface area contributed by atoms with Crippen LogP contribution in [0.5, 0.6) is 0 Å². The van der Waals surface area contributed by atoms with Crippen LogP contribution in [-0.4, -0.2) is 23.3 Å². The standard InChI is InChI=1S/C24H20BrN3O4/c25-20-10-5-9-19(16-20)23(29)27-22(15-18-8-4-11-21(14-18)28(31)32)24(30)26-13-12-17-6-2-1-3-7-17/h1-11,14-16H,12-13H2,(H,26,30)(H,27,29)/b22-15-. The number of halogens is 1. The fourth-order valence-corrected chi connectivity index (χ4v) is 3.34. The molecule has 3 aromatic carbocycles. The van der Waals surface area contributed by atoms with E-state index in [1.54, 1.807) is 30.3 Å². The van der Waals surface area contributed by atoms with Crippen molar-refractivity contribution in [2.45, 2.75) is 6.42 Å². The fraction of sp³-hybridized carbons (Fsp3) is 0.0833. The van der Waals surface area contributed by atoms with Gasteiger partial charge < -0.3 is 10.6 Å². The lowest BCUT2D eigenvalue weighted by atomic mass is 10.1. The highest BCUT2D eigenvalue weighted by atomic mass is 79.9. The number of nitrogens with one attached hydrogen (secondary N) is 2.